The van der Waals surface area contributed by atoms with Crippen LogP contribution in [-0.2, 0) is 0 Å². The van der Waals surface area contributed by atoms with Crippen LogP contribution in [0.2, 0.25) is 0 Å². The van der Waals surface area contributed by atoms with Crippen molar-refractivity contribution in [2.24, 2.45) is 0 Å². The number of benzene rings is 8. The normalized spacial score (nSPS) is 11.7. The minimum absolute atomic E-state index is 1.08. The van der Waals surface area contributed by atoms with Crippen LogP contribution >= 0.6 is 11.3 Å². The predicted molar refractivity (Wildman–Crippen MR) is 212 cm³/mol. The zero-order valence-corrected chi connectivity index (χ0v) is 27.4. The third-order valence-corrected chi connectivity index (χ3v) is 10.9. The number of nitrogens with one attached hydrogen (secondary N) is 1. The molecule has 1 N–H and O–H groups in total. The first-order chi connectivity index (χ1) is 24.3. The topological polar surface area (TPSA) is 17.0 Å². The Morgan fingerprint density at radius 1 is 0.408 bits per heavy atom. The van der Waals surface area contributed by atoms with E-state index < -0.39 is 0 Å². The molecule has 0 aliphatic carbocycles. The van der Waals surface area contributed by atoms with Crippen LogP contribution in [0, 0.1) is 0 Å². The smallest absolute Gasteiger partial charge is 0.0547 e. The number of nitrogens with zero attached hydrogens (tertiary/aromatic N) is 1. The first kappa shape index (κ1) is 27.9. The molecule has 0 atom stereocenters. The summed E-state index contributed by atoms with van der Waals surface area (Å²) in [5, 5.41) is 11.4. The molecule has 0 unspecified atom stereocenters. The fraction of sp³-hybridized carbons (Fsp3) is 0. The Labute approximate surface area is 288 Å². The second kappa shape index (κ2) is 11.2. The van der Waals surface area contributed by atoms with Crippen LogP contribution in [0.25, 0.3) is 80.7 Å². The van der Waals surface area contributed by atoms with E-state index in [9.17, 15) is 0 Å². The molecular formula is C46H30N2S. The number of para-hydroxylation sites is 1. The van der Waals surface area contributed by atoms with E-state index in [0.29, 0.717) is 0 Å². The maximum Gasteiger partial charge on any atom is 0.0547 e. The van der Waals surface area contributed by atoms with Gasteiger partial charge in [0.15, 0.2) is 0 Å². The summed E-state index contributed by atoms with van der Waals surface area (Å²) in [6.07, 6.45) is 0. The second-order valence-electron chi connectivity index (χ2n) is 12.7. The van der Waals surface area contributed by atoms with Gasteiger partial charge in [-0.15, -0.1) is 11.3 Å². The quantitative estimate of drug-likeness (QED) is 0.198. The van der Waals surface area contributed by atoms with Crippen molar-refractivity contribution in [3.63, 3.8) is 0 Å². The van der Waals surface area contributed by atoms with Gasteiger partial charge in [-0.1, -0.05) is 115 Å². The first-order valence-electron chi connectivity index (χ1n) is 16.7. The van der Waals surface area contributed by atoms with Crippen molar-refractivity contribution in [1.29, 1.82) is 0 Å². The number of aromatic nitrogens is 1. The number of fused-ring (bicyclic) bond motifs is 7. The molecule has 0 amide bonds. The van der Waals surface area contributed by atoms with E-state index in [2.05, 4.69) is 186 Å². The van der Waals surface area contributed by atoms with E-state index in [4.69, 9.17) is 0 Å². The Morgan fingerprint density at radius 3 is 2.04 bits per heavy atom. The molecule has 8 aromatic carbocycles. The average Bonchev–Trinajstić information content (AvgIpc) is 3.70. The van der Waals surface area contributed by atoms with E-state index in [1.807, 2.05) is 11.3 Å². The molecule has 0 radical (unpaired) electrons. The number of hydrogen-bond donors (Lipinski definition) is 1. The minimum Gasteiger partial charge on any atom is -0.355 e. The van der Waals surface area contributed by atoms with Crippen LogP contribution < -0.4 is 5.32 Å². The Kier molecular flexibility index (Phi) is 6.39. The molecule has 2 nitrogen and oxygen atoms in total. The fourth-order valence-corrected chi connectivity index (χ4v) is 8.48. The Bertz CT molecular complexity index is 2860. The van der Waals surface area contributed by atoms with Gasteiger partial charge in [-0.2, -0.15) is 0 Å². The van der Waals surface area contributed by atoms with Crippen molar-refractivity contribution in [2.75, 3.05) is 5.32 Å². The lowest BCUT2D eigenvalue weighted by Gasteiger charge is -2.15. The molecular weight excluding hydrogens is 613 g/mol. The molecule has 2 aromatic heterocycles. The summed E-state index contributed by atoms with van der Waals surface area (Å²) in [5.74, 6) is 0. The molecule has 0 spiro atoms. The largest absolute Gasteiger partial charge is 0.355 e. The van der Waals surface area contributed by atoms with Gasteiger partial charge in [0.25, 0.3) is 0 Å². The highest BCUT2D eigenvalue weighted by atomic mass is 32.1. The van der Waals surface area contributed by atoms with Crippen molar-refractivity contribution >= 4 is 75.5 Å². The van der Waals surface area contributed by atoms with Crippen LogP contribution in [0.5, 0.6) is 0 Å². The van der Waals surface area contributed by atoms with E-state index in [1.54, 1.807) is 0 Å². The summed E-state index contributed by atoms with van der Waals surface area (Å²) in [6, 6.07) is 63.9. The van der Waals surface area contributed by atoms with Crippen molar-refractivity contribution in [1.82, 2.24) is 4.57 Å². The summed E-state index contributed by atoms with van der Waals surface area (Å²) < 4.78 is 5.04. The van der Waals surface area contributed by atoms with Crippen LogP contribution in [0.1, 0.15) is 0 Å². The summed E-state index contributed by atoms with van der Waals surface area (Å²) in [4.78, 5) is 0. The Morgan fingerprint density at radius 2 is 1.12 bits per heavy atom. The van der Waals surface area contributed by atoms with Crippen LogP contribution in [-0.4, -0.2) is 4.57 Å². The summed E-state index contributed by atoms with van der Waals surface area (Å²) >= 11 is 1.85. The van der Waals surface area contributed by atoms with Gasteiger partial charge in [0.1, 0.15) is 0 Å². The van der Waals surface area contributed by atoms with E-state index >= 15 is 0 Å². The van der Waals surface area contributed by atoms with Gasteiger partial charge in [0, 0.05) is 53.6 Å². The molecule has 0 aliphatic heterocycles. The van der Waals surface area contributed by atoms with Gasteiger partial charge in [0.2, 0.25) is 0 Å². The molecule has 49 heavy (non-hydrogen) atoms. The molecule has 0 fully saturated rings. The zero-order chi connectivity index (χ0) is 32.3. The molecule has 0 bridgehead atoms. The van der Waals surface area contributed by atoms with Crippen molar-refractivity contribution in [2.45, 2.75) is 0 Å². The van der Waals surface area contributed by atoms with Gasteiger partial charge in [-0.05, 0) is 88.1 Å². The van der Waals surface area contributed by atoms with Crippen LogP contribution in [0.15, 0.2) is 176 Å². The summed E-state index contributed by atoms with van der Waals surface area (Å²) in [5.41, 5.74) is 10.5. The average molecular weight is 643 g/mol. The zero-order valence-electron chi connectivity index (χ0n) is 26.6. The highest BCUT2D eigenvalue weighted by Gasteiger charge is 2.15. The van der Waals surface area contributed by atoms with Gasteiger partial charge >= 0.3 is 0 Å². The Hall–Kier alpha value is -6.16. The highest BCUT2D eigenvalue weighted by Crippen LogP contribution is 2.40. The van der Waals surface area contributed by atoms with E-state index in [1.165, 1.54) is 80.7 Å². The molecule has 2 heterocycles. The highest BCUT2D eigenvalue weighted by molar-refractivity contribution is 7.25. The number of rotatable bonds is 5. The number of hydrogen-bond acceptors (Lipinski definition) is 2. The van der Waals surface area contributed by atoms with Crippen LogP contribution in [0.3, 0.4) is 0 Å². The first-order valence-corrected chi connectivity index (χ1v) is 17.5. The van der Waals surface area contributed by atoms with Crippen molar-refractivity contribution in [3.8, 4) is 27.9 Å². The molecule has 10 aromatic rings. The maximum absolute atomic E-state index is 3.79. The Balaban J connectivity index is 1.11. The molecule has 3 heteroatoms. The molecule has 0 saturated carbocycles. The van der Waals surface area contributed by atoms with Gasteiger partial charge in [0.05, 0.1) is 11.0 Å². The van der Waals surface area contributed by atoms with Crippen molar-refractivity contribution < 1.29 is 0 Å². The summed E-state index contributed by atoms with van der Waals surface area (Å²) in [6.45, 7) is 0. The summed E-state index contributed by atoms with van der Waals surface area (Å²) in [7, 11) is 0. The molecule has 0 saturated heterocycles. The minimum atomic E-state index is 1.08. The van der Waals surface area contributed by atoms with E-state index in [-0.39, 0.29) is 0 Å². The predicted octanol–water partition coefficient (Wildman–Crippen LogP) is 13.4. The third kappa shape index (κ3) is 4.70. The van der Waals surface area contributed by atoms with Gasteiger partial charge < -0.3 is 9.88 Å². The third-order valence-electron chi connectivity index (χ3n) is 9.76. The number of thiophene rings is 1. The maximum atomic E-state index is 3.79. The number of anilines is 2. The lowest BCUT2D eigenvalue weighted by Crippen LogP contribution is -1.95. The van der Waals surface area contributed by atoms with Crippen molar-refractivity contribution in [3.05, 3.63) is 176 Å². The lowest BCUT2D eigenvalue weighted by molar-refractivity contribution is 1.19. The second-order valence-corrected chi connectivity index (χ2v) is 13.8. The molecule has 10 rings (SSSR count). The van der Waals surface area contributed by atoms with Crippen LogP contribution in [0.4, 0.5) is 11.4 Å². The fourth-order valence-electron chi connectivity index (χ4n) is 7.39. The van der Waals surface area contributed by atoms with E-state index in [0.717, 1.165) is 11.4 Å². The monoisotopic (exact) mass is 642 g/mol. The van der Waals surface area contributed by atoms with Gasteiger partial charge in [-0.3, -0.25) is 0 Å². The molecule has 0 aliphatic rings. The standard InChI is InChI=1S/C46H30N2S/c1-2-11-31(12-3-1)40-27-33(20-24-42(40)47-35-21-25-46-41(29-35)39-15-7-9-17-45(39)49-46)34-19-23-38-37-14-6-8-16-43(37)48(44(38)28-34)36-22-18-30-10-4-5-13-32(30)26-36/h1-29,47H. The SMILES string of the molecule is c1ccc(-c2cc(-c3ccc4c5ccccc5n(-c5ccc6ccccc6c5)c4c3)ccc2Nc2ccc3sc4ccccc4c3c2)cc1. The molecule has 230 valence electrons. The van der Waals surface area contributed by atoms with Gasteiger partial charge in [-0.25, -0.2) is 0 Å². The lowest BCUT2D eigenvalue weighted by atomic mass is 9.96.